The summed E-state index contributed by atoms with van der Waals surface area (Å²) in [6.07, 6.45) is 2.70. The number of hydrogen-bond donors (Lipinski definition) is 2. The van der Waals surface area contributed by atoms with Gasteiger partial charge >= 0.3 is 0 Å². The lowest BCUT2D eigenvalue weighted by Gasteiger charge is -2.05. The Balaban J connectivity index is 1.70. The number of nitrogens with one attached hydrogen (secondary N) is 1. The van der Waals surface area contributed by atoms with Crippen molar-refractivity contribution in [3.8, 4) is 17.4 Å². The van der Waals surface area contributed by atoms with E-state index in [1.807, 2.05) is 0 Å². The zero-order chi connectivity index (χ0) is 19.1. The molecule has 0 saturated carbocycles. The molecule has 2 heterocycles. The summed E-state index contributed by atoms with van der Waals surface area (Å²) in [5.41, 5.74) is 0.759. The van der Waals surface area contributed by atoms with Crippen molar-refractivity contribution in [2.45, 2.75) is 0 Å². The highest BCUT2D eigenvalue weighted by Crippen LogP contribution is 2.25. The number of aromatic nitrogens is 4. The second-order valence-corrected chi connectivity index (χ2v) is 5.73. The van der Waals surface area contributed by atoms with E-state index < -0.39 is 17.4 Å². The molecule has 27 heavy (non-hydrogen) atoms. The SMILES string of the molecule is COc1ccc(O)c(C(=O)c2cnn(-c3nc4cc(F)c(F)cc4[nH]3)c2)c1. The number of carbonyl (C=O) groups excluding carboxylic acids is 1. The normalized spacial score (nSPS) is 11.1. The van der Waals surface area contributed by atoms with Crippen LogP contribution in [0.1, 0.15) is 15.9 Å². The topological polar surface area (TPSA) is 93.0 Å². The summed E-state index contributed by atoms with van der Waals surface area (Å²) in [6.45, 7) is 0. The van der Waals surface area contributed by atoms with E-state index in [-0.39, 0.29) is 33.9 Å². The number of phenolic OH excluding ortho intramolecular Hbond substituents is 1. The number of fused-ring (bicyclic) bond motifs is 1. The molecular weight excluding hydrogens is 358 g/mol. The number of carbonyl (C=O) groups is 1. The lowest BCUT2D eigenvalue weighted by molar-refractivity contribution is 0.103. The van der Waals surface area contributed by atoms with Crippen LogP contribution in [-0.4, -0.2) is 37.7 Å². The Bertz CT molecular complexity index is 1140. The molecule has 4 aromatic rings. The van der Waals surface area contributed by atoms with E-state index in [0.29, 0.717) is 5.75 Å². The average molecular weight is 370 g/mol. The highest BCUT2D eigenvalue weighted by atomic mass is 19.2. The van der Waals surface area contributed by atoms with E-state index in [0.717, 1.165) is 12.1 Å². The minimum atomic E-state index is -1.01. The van der Waals surface area contributed by atoms with Crippen LogP contribution in [0.5, 0.6) is 11.5 Å². The van der Waals surface area contributed by atoms with Crippen molar-refractivity contribution in [2.75, 3.05) is 7.11 Å². The Labute approximate surface area is 150 Å². The Morgan fingerprint density at radius 3 is 2.78 bits per heavy atom. The number of ether oxygens (including phenoxy) is 1. The van der Waals surface area contributed by atoms with Gasteiger partial charge in [-0.2, -0.15) is 5.10 Å². The van der Waals surface area contributed by atoms with Gasteiger partial charge in [0.15, 0.2) is 17.4 Å². The minimum absolute atomic E-state index is 0.0580. The second-order valence-electron chi connectivity index (χ2n) is 5.73. The summed E-state index contributed by atoms with van der Waals surface area (Å²) in [6, 6.07) is 6.27. The summed E-state index contributed by atoms with van der Waals surface area (Å²) in [5, 5.41) is 14.0. The quantitative estimate of drug-likeness (QED) is 0.539. The third-order valence-corrected chi connectivity index (χ3v) is 4.02. The van der Waals surface area contributed by atoms with Crippen molar-refractivity contribution in [3.63, 3.8) is 0 Å². The largest absolute Gasteiger partial charge is 0.507 e. The molecule has 0 aliphatic heterocycles. The zero-order valence-electron chi connectivity index (χ0n) is 13.9. The molecule has 9 heteroatoms. The second kappa shape index (κ2) is 6.20. The number of hydrogen-bond acceptors (Lipinski definition) is 5. The predicted molar refractivity (Wildman–Crippen MR) is 91.2 cm³/mol. The third kappa shape index (κ3) is 2.88. The number of halogens is 2. The molecule has 0 bridgehead atoms. The van der Waals surface area contributed by atoms with E-state index >= 15 is 0 Å². The van der Waals surface area contributed by atoms with E-state index in [9.17, 15) is 18.7 Å². The van der Waals surface area contributed by atoms with Gasteiger partial charge in [-0.15, -0.1) is 0 Å². The van der Waals surface area contributed by atoms with E-state index in [1.165, 1.54) is 42.4 Å². The summed E-state index contributed by atoms with van der Waals surface area (Å²) in [4.78, 5) is 19.6. The number of aromatic hydroxyl groups is 1. The molecule has 2 aromatic carbocycles. The van der Waals surface area contributed by atoms with Crippen molar-refractivity contribution in [3.05, 3.63) is 65.5 Å². The van der Waals surface area contributed by atoms with Crippen LogP contribution in [-0.2, 0) is 0 Å². The van der Waals surface area contributed by atoms with E-state index in [2.05, 4.69) is 15.1 Å². The van der Waals surface area contributed by atoms with Gasteiger partial charge in [-0.1, -0.05) is 0 Å². The van der Waals surface area contributed by atoms with E-state index in [1.54, 1.807) is 0 Å². The molecule has 4 rings (SSSR count). The molecule has 0 atom stereocenters. The number of benzene rings is 2. The summed E-state index contributed by atoms with van der Waals surface area (Å²) < 4.78 is 33.0. The molecule has 0 amide bonds. The smallest absolute Gasteiger partial charge is 0.229 e. The molecule has 0 aliphatic rings. The number of imidazole rings is 1. The average Bonchev–Trinajstić information content (AvgIpc) is 3.29. The van der Waals surface area contributed by atoms with Crippen LogP contribution in [0, 0.1) is 11.6 Å². The van der Waals surface area contributed by atoms with Gasteiger partial charge in [-0.05, 0) is 18.2 Å². The molecule has 2 aromatic heterocycles. The van der Waals surface area contributed by atoms with Crippen LogP contribution in [0.25, 0.3) is 17.0 Å². The first-order valence-electron chi connectivity index (χ1n) is 7.78. The van der Waals surface area contributed by atoms with Crippen molar-refractivity contribution in [1.82, 2.24) is 19.7 Å². The van der Waals surface area contributed by atoms with Crippen LogP contribution in [0.15, 0.2) is 42.7 Å². The molecule has 7 nitrogen and oxygen atoms in total. The first-order chi connectivity index (χ1) is 13.0. The highest BCUT2D eigenvalue weighted by molar-refractivity contribution is 6.10. The number of aromatic amines is 1. The van der Waals surface area contributed by atoms with Gasteiger partial charge < -0.3 is 14.8 Å². The molecule has 0 fully saturated rings. The fourth-order valence-electron chi connectivity index (χ4n) is 2.64. The summed E-state index contributed by atoms with van der Waals surface area (Å²) in [7, 11) is 1.45. The maximum absolute atomic E-state index is 13.3. The first-order valence-corrected chi connectivity index (χ1v) is 7.78. The van der Waals surface area contributed by atoms with Crippen LogP contribution in [0.3, 0.4) is 0 Å². The van der Waals surface area contributed by atoms with Gasteiger partial charge in [0.1, 0.15) is 11.5 Å². The predicted octanol–water partition coefficient (Wildman–Crippen LogP) is 2.97. The Morgan fingerprint density at radius 1 is 1.22 bits per heavy atom. The summed E-state index contributed by atoms with van der Waals surface area (Å²) >= 11 is 0. The van der Waals surface area contributed by atoms with Crippen LogP contribution in [0.4, 0.5) is 8.78 Å². The Hall–Kier alpha value is -3.75. The number of nitrogens with zero attached hydrogens (tertiary/aromatic N) is 3. The van der Waals surface area contributed by atoms with Crippen molar-refractivity contribution in [2.24, 2.45) is 0 Å². The van der Waals surface area contributed by atoms with Crippen molar-refractivity contribution in [1.29, 1.82) is 0 Å². The number of ketones is 1. The molecule has 2 N–H and O–H groups in total. The maximum atomic E-state index is 13.3. The fourth-order valence-corrected chi connectivity index (χ4v) is 2.64. The molecule has 0 aliphatic carbocycles. The van der Waals surface area contributed by atoms with Gasteiger partial charge in [0, 0.05) is 18.3 Å². The zero-order valence-corrected chi connectivity index (χ0v) is 13.9. The third-order valence-electron chi connectivity index (χ3n) is 4.02. The lowest BCUT2D eigenvalue weighted by Crippen LogP contribution is -2.01. The van der Waals surface area contributed by atoms with Crippen LogP contribution >= 0.6 is 0 Å². The summed E-state index contributed by atoms with van der Waals surface area (Å²) in [5.74, 6) is -2.06. The monoisotopic (exact) mass is 370 g/mol. The van der Waals surface area contributed by atoms with Gasteiger partial charge in [0.05, 0.1) is 35.5 Å². The standard InChI is InChI=1S/C18H12F2N4O3/c1-27-10-2-3-16(25)11(4-10)17(26)9-7-21-24(8-9)18-22-14-5-12(19)13(20)6-15(14)23-18/h2-8,25H,1H3,(H,22,23). The molecule has 136 valence electrons. The number of phenols is 1. The minimum Gasteiger partial charge on any atom is -0.507 e. The van der Waals surface area contributed by atoms with Gasteiger partial charge in [-0.25, -0.2) is 18.4 Å². The molecule has 0 spiro atoms. The molecule has 0 saturated heterocycles. The van der Waals surface area contributed by atoms with E-state index in [4.69, 9.17) is 4.74 Å². The van der Waals surface area contributed by atoms with Gasteiger partial charge in [-0.3, -0.25) is 4.79 Å². The number of methoxy groups -OCH3 is 1. The molecular formula is C18H12F2N4O3. The van der Waals surface area contributed by atoms with Gasteiger partial charge in [0.25, 0.3) is 0 Å². The van der Waals surface area contributed by atoms with Crippen LogP contribution < -0.4 is 4.74 Å². The highest BCUT2D eigenvalue weighted by Gasteiger charge is 2.18. The molecule has 0 radical (unpaired) electrons. The first kappa shape index (κ1) is 16.7. The number of H-pyrrole nitrogens is 1. The number of rotatable bonds is 4. The lowest BCUT2D eigenvalue weighted by atomic mass is 10.1. The Morgan fingerprint density at radius 2 is 2.00 bits per heavy atom. The van der Waals surface area contributed by atoms with Crippen molar-refractivity contribution < 1.29 is 23.4 Å². The maximum Gasteiger partial charge on any atom is 0.229 e. The molecule has 0 unspecified atom stereocenters. The Kier molecular flexibility index (Phi) is 3.84. The van der Waals surface area contributed by atoms with Crippen LogP contribution in [0.2, 0.25) is 0 Å². The van der Waals surface area contributed by atoms with Crippen molar-refractivity contribution >= 4 is 16.8 Å². The fraction of sp³-hybridized carbons (Fsp3) is 0.0556. The van der Waals surface area contributed by atoms with Gasteiger partial charge in [0.2, 0.25) is 5.95 Å².